The summed E-state index contributed by atoms with van der Waals surface area (Å²) in [6, 6.07) is 4.30. The average molecular weight is 405 g/mol. The third-order valence-corrected chi connectivity index (χ3v) is 6.03. The van der Waals surface area contributed by atoms with Gasteiger partial charge < -0.3 is 14.5 Å². The Morgan fingerprint density at radius 2 is 2.04 bits per heavy atom. The quantitative estimate of drug-likeness (QED) is 0.600. The van der Waals surface area contributed by atoms with E-state index in [0.29, 0.717) is 24.9 Å². The smallest absolute Gasteiger partial charge is 0.265 e. The van der Waals surface area contributed by atoms with Crippen LogP contribution >= 0.6 is 11.3 Å². The fraction of sp³-hybridized carbons (Fsp3) is 0.571. The minimum atomic E-state index is 0.0677. The minimum Gasteiger partial charge on any atom is -0.480 e. The molecule has 1 amide bonds. The van der Waals surface area contributed by atoms with Gasteiger partial charge in [-0.1, -0.05) is 6.92 Å². The van der Waals surface area contributed by atoms with Crippen molar-refractivity contribution in [3.8, 4) is 16.5 Å². The number of nitrogens with zero attached hydrogens (tertiary/aromatic N) is 4. The highest BCUT2D eigenvalue weighted by Gasteiger charge is 2.23. The molecule has 0 bridgehead atoms. The van der Waals surface area contributed by atoms with Crippen LogP contribution in [0.4, 0.5) is 0 Å². The van der Waals surface area contributed by atoms with Gasteiger partial charge in [0.15, 0.2) is 0 Å². The van der Waals surface area contributed by atoms with E-state index >= 15 is 0 Å². The van der Waals surface area contributed by atoms with Gasteiger partial charge in [0.05, 0.1) is 18.4 Å². The first-order valence-electron chi connectivity index (χ1n) is 9.91. The molecule has 0 saturated heterocycles. The maximum atomic E-state index is 13.2. The van der Waals surface area contributed by atoms with Crippen molar-refractivity contribution in [1.29, 1.82) is 0 Å². The van der Waals surface area contributed by atoms with E-state index in [-0.39, 0.29) is 5.91 Å². The van der Waals surface area contributed by atoms with Gasteiger partial charge in [-0.3, -0.25) is 4.79 Å². The molecule has 2 aromatic heterocycles. The molecular weight excluding hydrogens is 372 g/mol. The van der Waals surface area contributed by atoms with Crippen LogP contribution < -0.4 is 4.74 Å². The van der Waals surface area contributed by atoms with Crippen LogP contribution in [-0.4, -0.2) is 65.5 Å². The maximum absolute atomic E-state index is 13.2. The Morgan fingerprint density at radius 3 is 2.64 bits per heavy atom. The molecule has 0 saturated carbocycles. The molecule has 2 rings (SSSR count). The molecule has 0 N–H and O–H groups in total. The van der Waals surface area contributed by atoms with Gasteiger partial charge in [0, 0.05) is 25.3 Å². The van der Waals surface area contributed by atoms with Gasteiger partial charge in [-0.2, -0.15) is 0 Å². The standard InChI is InChI=1S/C21H32N4O2S/c1-7-17-18(21(26)25(8-2)14-10-13-24(5)15(3)4)28-20(23-17)16-11-9-12-22-19(16)27-6/h9,11-12,15H,7-8,10,13-14H2,1-6H3. The summed E-state index contributed by atoms with van der Waals surface area (Å²) in [7, 11) is 3.72. The van der Waals surface area contributed by atoms with E-state index in [4.69, 9.17) is 9.72 Å². The highest BCUT2D eigenvalue weighted by Crippen LogP contribution is 2.34. The SMILES string of the molecule is CCc1nc(-c2cccnc2OC)sc1C(=O)N(CC)CCCN(C)C(C)C. The first kappa shape index (κ1) is 22.3. The van der Waals surface area contributed by atoms with Crippen molar-refractivity contribution >= 4 is 17.2 Å². The van der Waals surface area contributed by atoms with E-state index in [1.807, 2.05) is 30.9 Å². The van der Waals surface area contributed by atoms with Gasteiger partial charge in [-0.05, 0) is 59.3 Å². The molecule has 0 unspecified atom stereocenters. The minimum absolute atomic E-state index is 0.0677. The Balaban J connectivity index is 2.20. The fourth-order valence-electron chi connectivity index (χ4n) is 2.91. The van der Waals surface area contributed by atoms with Crippen LogP contribution in [0.5, 0.6) is 5.88 Å². The summed E-state index contributed by atoms with van der Waals surface area (Å²) in [5, 5.41) is 0.778. The topological polar surface area (TPSA) is 58.6 Å². The van der Waals surface area contributed by atoms with Crippen molar-refractivity contribution in [2.24, 2.45) is 0 Å². The van der Waals surface area contributed by atoms with Crippen LogP contribution in [0.1, 0.15) is 49.5 Å². The highest BCUT2D eigenvalue weighted by atomic mass is 32.1. The van der Waals surface area contributed by atoms with Gasteiger partial charge >= 0.3 is 0 Å². The molecule has 2 heterocycles. The van der Waals surface area contributed by atoms with E-state index in [0.717, 1.165) is 40.7 Å². The number of carbonyl (C=O) groups is 1. The Labute approximate surface area is 172 Å². The van der Waals surface area contributed by atoms with Gasteiger partial charge in [0.25, 0.3) is 5.91 Å². The van der Waals surface area contributed by atoms with Gasteiger partial charge in [0.1, 0.15) is 9.88 Å². The molecule has 0 fully saturated rings. The molecule has 2 aromatic rings. The van der Waals surface area contributed by atoms with Crippen LogP contribution in [0.3, 0.4) is 0 Å². The lowest BCUT2D eigenvalue weighted by Gasteiger charge is -2.24. The number of rotatable bonds is 10. The number of pyridine rings is 1. The normalized spacial score (nSPS) is 11.3. The van der Waals surface area contributed by atoms with E-state index in [1.54, 1.807) is 13.3 Å². The number of carbonyl (C=O) groups excluding carboxylic acids is 1. The molecule has 7 heteroatoms. The van der Waals surface area contributed by atoms with E-state index in [1.165, 1.54) is 11.3 Å². The predicted octanol–water partition coefficient (Wildman–Crippen LogP) is 3.97. The molecule has 0 atom stereocenters. The highest BCUT2D eigenvalue weighted by molar-refractivity contribution is 7.17. The molecule has 0 aliphatic heterocycles. The van der Waals surface area contributed by atoms with E-state index < -0.39 is 0 Å². The van der Waals surface area contributed by atoms with E-state index in [2.05, 4.69) is 30.8 Å². The predicted molar refractivity (Wildman–Crippen MR) is 115 cm³/mol. The van der Waals surface area contributed by atoms with Gasteiger partial charge in [0.2, 0.25) is 5.88 Å². The molecule has 0 radical (unpaired) electrons. The zero-order valence-electron chi connectivity index (χ0n) is 17.9. The van der Waals surface area contributed by atoms with Crippen LogP contribution in [0, 0.1) is 0 Å². The van der Waals surface area contributed by atoms with Crippen LogP contribution in [0.15, 0.2) is 18.3 Å². The van der Waals surface area contributed by atoms with Crippen molar-refractivity contribution < 1.29 is 9.53 Å². The molecular formula is C21H32N4O2S. The van der Waals surface area contributed by atoms with Gasteiger partial charge in [-0.25, -0.2) is 9.97 Å². The second kappa shape index (κ2) is 10.5. The van der Waals surface area contributed by atoms with E-state index in [9.17, 15) is 4.79 Å². The number of amides is 1. The lowest BCUT2D eigenvalue weighted by molar-refractivity contribution is 0.0760. The second-order valence-electron chi connectivity index (χ2n) is 7.02. The lowest BCUT2D eigenvalue weighted by Crippen LogP contribution is -2.35. The number of hydrogen-bond donors (Lipinski definition) is 0. The van der Waals surface area contributed by atoms with Crippen LogP contribution in [0.25, 0.3) is 10.6 Å². The summed E-state index contributed by atoms with van der Waals surface area (Å²) < 4.78 is 5.36. The number of hydrogen-bond acceptors (Lipinski definition) is 6. The Kier molecular flexibility index (Phi) is 8.38. The number of aryl methyl sites for hydroxylation is 1. The van der Waals surface area contributed by atoms with Crippen molar-refractivity contribution in [3.63, 3.8) is 0 Å². The largest absolute Gasteiger partial charge is 0.480 e. The number of aromatic nitrogens is 2. The van der Waals surface area contributed by atoms with Crippen LogP contribution in [-0.2, 0) is 6.42 Å². The lowest BCUT2D eigenvalue weighted by atomic mass is 10.2. The molecule has 6 nitrogen and oxygen atoms in total. The van der Waals surface area contributed by atoms with Crippen molar-refractivity contribution in [2.45, 2.75) is 46.6 Å². The molecule has 0 aliphatic carbocycles. The summed E-state index contributed by atoms with van der Waals surface area (Å²) >= 11 is 1.43. The van der Waals surface area contributed by atoms with Crippen molar-refractivity contribution in [1.82, 2.24) is 19.8 Å². The molecule has 154 valence electrons. The fourth-order valence-corrected chi connectivity index (χ4v) is 4.04. The number of thiazole rings is 1. The average Bonchev–Trinajstić information content (AvgIpc) is 3.14. The first-order valence-corrected chi connectivity index (χ1v) is 10.7. The Hall–Kier alpha value is -1.99. The summed E-state index contributed by atoms with van der Waals surface area (Å²) in [4.78, 5) is 27.1. The zero-order valence-corrected chi connectivity index (χ0v) is 18.7. The molecule has 0 spiro atoms. The number of methoxy groups -OCH3 is 1. The summed E-state index contributed by atoms with van der Waals surface area (Å²) in [5.41, 5.74) is 1.67. The maximum Gasteiger partial charge on any atom is 0.265 e. The first-order chi connectivity index (χ1) is 13.4. The monoisotopic (exact) mass is 404 g/mol. The third kappa shape index (κ3) is 5.29. The summed E-state index contributed by atoms with van der Waals surface area (Å²) in [5.74, 6) is 0.597. The third-order valence-electron chi connectivity index (χ3n) is 4.91. The summed E-state index contributed by atoms with van der Waals surface area (Å²) in [6.07, 6.45) is 3.36. The second-order valence-corrected chi connectivity index (χ2v) is 8.02. The molecule has 28 heavy (non-hydrogen) atoms. The molecule has 0 aliphatic rings. The summed E-state index contributed by atoms with van der Waals surface area (Å²) in [6.45, 7) is 10.8. The Morgan fingerprint density at radius 1 is 1.29 bits per heavy atom. The van der Waals surface area contributed by atoms with Gasteiger partial charge in [-0.15, -0.1) is 11.3 Å². The number of ether oxygens (including phenoxy) is 1. The van der Waals surface area contributed by atoms with Crippen molar-refractivity contribution in [2.75, 3.05) is 33.8 Å². The zero-order chi connectivity index (χ0) is 20.7. The Bertz CT molecular complexity index is 776. The molecule has 0 aromatic carbocycles. The van der Waals surface area contributed by atoms with Crippen LogP contribution in [0.2, 0.25) is 0 Å². The van der Waals surface area contributed by atoms with Crippen molar-refractivity contribution in [3.05, 3.63) is 28.9 Å².